The molecule has 3 heterocycles. The molecule has 0 spiro atoms. The van der Waals surface area contributed by atoms with Crippen LogP contribution in [0.5, 0.6) is 0 Å². The molecular formula is C49H29N3O2. The summed E-state index contributed by atoms with van der Waals surface area (Å²) in [6.45, 7) is 0. The topological polar surface area (TPSA) is 65.0 Å². The number of fused-ring (bicyclic) bond motifs is 8. The highest BCUT2D eigenvalue weighted by molar-refractivity contribution is 6.17. The van der Waals surface area contributed by atoms with E-state index >= 15 is 0 Å². The van der Waals surface area contributed by atoms with Crippen LogP contribution in [0.3, 0.4) is 0 Å². The molecule has 0 aliphatic heterocycles. The molecule has 0 aliphatic carbocycles. The first-order valence-electron chi connectivity index (χ1n) is 21.8. The first kappa shape index (κ1) is 22.5. The molecule has 0 saturated carbocycles. The number of nitrogens with zero attached hydrogens (tertiary/aromatic N) is 3. The zero-order valence-corrected chi connectivity index (χ0v) is 28.2. The molecule has 0 bridgehead atoms. The molecule has 8 aromatic carbocycles. The lowest BCUT2D eigenvalue weighted by Crippen LogP contribution is -2.00. The van der Waals surface area contributed by atoms with Crippen LogP contribution in [0.2, 0.25) is 0 Å². The van der Waals surface area contributed by atoms with Crippen LogP contribution in [-0.4, -0.2) is 15.0 Å². The Bertz CT molecular complexity index is 3720. The van der Waals surface area contributed by atoms with Gasteiger partial charge in [-0.3, -0.25) is 0 Å². The average molecular weight is 701 g/mol. The second-order valence-electron chi connectivity index (χ2n) is 12.9. The third-order valence-corrected chi connectivity index (χ3v) is 9.69. The summed E-state index contributed by atoms with van der Waals surface area (Å²) in [5.41, 5.74) is 6.07. The quantitative estimate of drug-likeness (QED) is 0.179. The zero-order valence-electron chi connectivity index (χ0n) is 37.2. The Morgan fingerprint density at radius 2 is 1.06 bits per heavy atom. The number of hydrogen-bond acceptors (Lipinski definition) is 5. The summed E-state index contributed by atoms with van der Waals surface area (Å²) < 4.78 is 92.2. The molecule has 252 valence electrons. The number of para-hydroxylation sites is 1. The van der Waals surface area contributed by atoms with E-state index in [0.29, 0.717) is 22.3 Å². The molecule has 0 aliphatic rings. The van der Waals surface area contributed by atoms with Crippen molar-refractivity contribution in [2.45, 2.75) is 0 Å². The maximum absolute atomic E-state index is 9.27. The van der Waals surface area contributed by atoms with Gasteiger partial charge in [0.25, 0.3) is 0 Å². The molecule has 3 aromatic heterocycles. The van der Waals surface area contributed by atoms with Gasteiger partial charge in [0.1, 0.15) is 22.3 Å². The van der Waals surface area contributed by atoms with Crippen molar-refractivity contribution in [1.29, 1.82) is 0 Å². The molecule has 5 heteroatoms. The van der Waals surface area contributed by atoms with Gasteiger partial charge in [-0.25, -0.2) is 15.0 Å². The van der Waals surface area contributed by atoms with Crippen LogP contribution in [0.4, 0.5) is 0 Å². The van der Waals surface area contributed by atoms with Gasteiger partial charge >= 0.3 is 0 Å². The molecule has 0 unspecified atom stereocenters. The van der Waals surface area contributed by atoms with Gasteiger partial charge < -0.3 is 8.83 Å². The molecule has 0 radical (unpaired) electrons. The molecule has 0 amide bonds. The Balaban J connectivity index is 1.18. The first-order valence-corrected chi connectivity index (χ1v) is 17.3. The van der Waals surface area contributed by atoms with Crippen molar-refractivity contribution in [1.82, 2.24) is 15.0 Å². The maximum atomic E-state index is 9.27. The van der Waals surface area contributed by atoms with Gasteiger partial charge in [-0.1, -0.05) is 145 Å². The molecule has 5 nitrogen and oxygen atoms in total. The predicted octanol–water partition coefficient (Wildman–Crippen LogP) is 13.2. The predicted molar refractivity (Wildman–Crippen MR) is 219 cm³/mol. The van der Waals surface area contributed by atoms with Gasteiger partial charge in [-0.2, -0.15) is 0 Å². The van der Waals surface area contributed by atoms with E-state index < -0.39 is 54.4 Å². The normalized spacial score (nSPS) is 14.0. The van der Waals surface area contributed by atoms with Crippen molar-refractivity contribution in [3.63, 3.8) is 0 Å². The molecule has 11 rings (SSSR count). The van der Waals surface area contributed by atoms with Crippen molar-refractivity contribution in [2.24, 2.45) is 0 Å². The summed E-state index contributed by atoms with van der Waals surface area (Å²) >= 11 is 0. The number of benzene rings is 8. The van der Waals surface area contributed by atoms with Crippen molar-refractivity contribution in [3.8, 4) is 56.4 Å². The van der Waals surface area contributed by atoms with E-state index in [1.165, 1.54) is 0 Å². The van der Waals surface area contributed by atoms with Crippen molar-refractivity contribution < 1.29 is 21.2 Å². The lowest BCUT2D eigenvalue weighted by molar-refractivity contribution is 0.669. The van der Waals surface area contributed by atoms with E-state index in [-0.39, 0.29) is 55.7 Å². The van der Waals surface area contributed by atoms with Crippen molar-refractivity contribution in [2.75, 3.05) is 0 Å². The van der Waals surface area contributed by atoms with Crippen LogP contribution < -0.4 is 0 Å². The lowest BCUT2D eigenvalue weighted by Gasteiger charge is -2.09. The lowest BCUT2D eigenvalue weighted by atomic mass is 9.99. The highest BCUT2D eigenvalue weighted by atomic mass is 16.3. The summed E-state index contributed by atoms with van der Waals surface area (Å²) in [4.78, 5) is 14.7. The molecule has 0 atom stereocenters. The van der Waals surface area contributed by atoms with Crippen molar-refractivity contribution in [3.05, 3.63) is 176 Å². The Labute approximate surface area is 322 Å². The van der Waals surface area contributed by atoms with Gasteiger partial charge in [0, 0.05) is 38.1 Å². The molecule has 54 heavy (non-hydrogen) atoms. The van der Waals surface area contributed by atoms with Crippen LogP contribution in [0.15, 0.2) is 185 Å². The Kier molecular flexibility index (Phi) is 5.06. The largest absolute Gasteiger partial charge is 0.456 e. The number of hydrogen-bond donors (Lipinski definition) is 0. The Hall–Kier alpha value is -7.37. The fraction of sp³-hybridized carbons (Fsp3) is 0. The molecule has 0 N–H and O–H groups in total. The number of furan rings is 2. The SMILES string of the molecule is [2H]c1c([2H])c([2H])c2c(oc3c4c([2H])c([2H])c([2H])c([2H])c4c([2H])c([2H])c32)c1-c1nc(-c2ccc(-c3ccccc3)cc2)nc(-c2ccc3c(c2)oc2cccc(-c4ccccc4)c23)n1. The number of aromatic nitrogens is 3. The van der Waals surface area contributed by atoms with Gasteiger partial charge in [0.05, 0.1) is 17.9 Å². The molecule has 0 saturated heterocycles. The standard InChI is InChI=1S/C49H29N3O2/c1-3-11-30(12-4-1)31-21-23-34(24-22-31)47-50-48(35-26-28-40-43(29-35)53-42-20-10-17-36(44(40)42)32-13-5-2-6-14-32)52-49(51-47)41-19-9-18-38-39-27-25-33-15-7-8-16-37(33)45(39)54-46(38)41/h1-29H/i7D,8D,9D,15D,16D,18D,19D,25D,27D. The second kappa shape index (κ2) is 12.1. The minimum Gasteiger partial charge on any atom is -0.456 e. The van der Waals surface area contributed by atoms with Crippen LogP contribution in [0.25, 0.3) is 111 Å². The second-order valence-corrected chi connectivity index (χ2v) is 12.9. The minimum atomic E-state index is -0.570. The smallest absolute Gasteiger partial charge is 0.167 e. The highest BCUT2D eigenvalue weighted by Gasteiger charge is 2.20. The monoisotopic (exact) mass is 700 g/mol. The third-order valence-electron chi connectivity index (χ3n) is 9.69. The molecule has 11 aromatic rings. The molecule has 0 fully saturated rings. The van der Waals surface area contributed by atoms with Gasteiger partial charge in [-0.05, 0) is 57.9 Å². The van der Waals surface area contributed by atoms with E-state index in [9.17, 15) is 1.37 Å². The summed E-state index contributed by atoms with van der Waals surface area (Å²) in [5, 5.41) is 1.29. The fourth-order valence-electron chi connectivity index (χ4n) is 7.11. The maximum Gasteiger partial charge on any atom is 0.167 e. The van der Waals surface area contributed by atoms with Gasteiger partial charge in [-0.15, -0.1) is 0 Å². The first-order chi connectivity index (χ1) is 30.5. The van der Waals surface area contributed by atoms with Gasteiger partial charge in [0.15, 0.2) is 17.5 Å². The Morgan fingerprint density at radius 3 is 1.89 bits per heavy atom. The molecular weight excluding hydrogens is 663 g/mol. The fourth-order valence-corrected chi connectivity index (χ4v) is 7.11. The van der Waals surface area contributed by atoms with Crippen LogP contribution >= 0.6 is 0 Å². The summed E-state index contributed by atoms with van der Waals surface area (Å²) in [6.07, 6.45) is 0. The van der Waals surface area contributed by atoms with E-state index in [4.69, 9.17) is 34.8 Å². The van der Waals surface area contributed by atoms with Crippen molar-refractivity contribution >= 4 is 54.6 Å². The van der Waals surface area contributed by atoms with Crippen LogP contribution in [0, 0.1) is 0 Å². The third kappa shape index (κ3) is 4.90. The van der Waals surface area contributed by atoms with E-state index in [0.717, 1.165) is 33.0 Å². The van der Waals surface area contributed by atoms with E-state index in [2.05, 4.69) is 18.2 Å². The number of rotatable bonds is 5. The van der Waals surface area contributed by atoms with Crippen LogP contribution in [0.1, 0.15) is 12.3 Å². The zero-order chi connectivity index (χ0) is 43.4. The van der Waals surface area contributed by atoms with E-state index in [1.54, 1.807) is 0 Å². The summed E-state index contributed by atoms with van der Waals surface area (Å²) in [7, 11) is 0. The summed E-state index contributed by atoms with van der Waals surface area (Å²) in [6, 6.07) is 34.7. The minimum absolute atomic E-state index is 0.0791. The Morgan fingerprint density at radius 1 is 0.389 bits per heavy atom. The van der Waals surface area contributed by atoms with E-state index in [1.807, 2.05) is 103 Å². The van der Waals surface area contributed by atoms with Gasteiger partial charge in [0.2, 0.25) is 0 Å². The summed E-state index contributed by atoms with van der Waals surface area (Å²) in [5.74, 6) is 0.349. The highest BCUT2D eigenvalue weighted by Crippen LogP contribution is 2.40. The average Bonchev–Trinajstić information content (AvgIpc) is 3.90. The van der Waals surface area contributed by atoms with Crippen LogP contribution in [-0.2, 0) is 0 Å².